The molecule has 164 valence electrons. The van der Waals surface area contributed by atoms with Crippen LogP contribution in [0.25, 0.3) is 11.4 Å². The zero-order chi connectivity index (χ0) is 23.1. The van der Waals surface area contributed by atoms with Crippen molar-refractivity contribution in [3.63, 3.8) is 0 Å². The lowest BCUT2D eigenvalue weighted by molar-refractivity contribution is -0.269. The van der Waals surface area contributed by atoms with Gasteiger partial charge < -0.3 is 0 Å². The molecule has 1 aliphatic rings. The smallest absolute Gasteiger partial charge is 0.265 e. The highest BCUT2D eigenvalue weighted by Crippen LogP contribution is 2.48. The molecular formula is C20H11F6N5O. The third kappa shape index (κ3) is 3.56. The summed E-state index contributed by atoms with van der Waals surface area (Å²) in [5.41, 5.74) is -2.59. The van der Waals surface area contributed by atoms with Crippen molar-refractivity contribution >= 4 is 5.70 Å². The fourth-order valence-corrected chi connectivity index (χ4v) is 3.24. The SMILES string of the molecule is N#Cc1cc(C2=CC(c3cccc(C(F)(F)F)c3)(C(F)(F)F)ON2)ccc1-n1cncn1. The Morgan fingerprint density at radius 3 is 2.47 bits per heavy atom. The van der Waals surface area contributed by atoms with Crippen LogP contribution in [0, 0.1) is 11.3 Å². The van der Waals surface area contributed by atoms with Crippen LogP contribution in [0.1, 0.15) is 22.3 Å². The summed E-state index contributed by atoms with van der Waals surface area (Å²) in [6.07, 6.45) is -6.69. The summed E-state index contributed by atoms with van der Waals surface area (Å²) < 4.78 is 82.6. The predicted molar refractivity (Wildman–Crippen MR) is 97.4 cm³/mol. The number of nitrogens with zero attached hydrogens (tertiary/aromatic N) is 4. The number of hydrogen-bond donors (Lipinski definition) is 1. The van der Waals surface area contributed by atoms with E-state index in [9.17, 15) is 31.6 Å². The molecule has 1 N–H and O–H groups in total. The molecular weight excluding hydrogens is 440 g/mol. The summed E-state index contributed by atoms with van der Waals surface area (Å²) in [5, 5.41) is 13.3. The van der Waals surface area contributed by atoms with E-state index in [4.69, 9.17) is 4.84 Å². The molecule has 4 rings (SSSR count). The van der Waals surface area contributed by atoms with Crippen molar-refractivity contribution in [2.45, 2.75) is 18.0 Å². The first-order valence-corrected chi connectivity index (χ1v) is 8.86. The van der Waals surface area contributed by atoms with Gasteiger partial charge in [-0.1, -0.05) is 18.2 Å². The van der Waals surface area contributed by atoms with E-state index < -0.39 is 29.1 Å². The molecule has 3 aromatic rings. The van der Waals surface area contributed by atoms with Gasteiger partial charge in [0.15, 0.2) is 0 Å². The summed E-state index contributed by atoms with van der Waals surface area (Å²) in [6.45, 7) is 0. The lowest BCUT2D eigenvalue weighted by Crippen LogP contribution is -2.42. The Morgan fingerprint density at radius 2 is 1.84 bits per heavy atom. The number of aromatic nitrogens is 3. The van der Waals surface area contributed by atoms with Crippen molar-refractivity contribution in [1.29, 1.82) is 5.26 Å². The summed E-state index contributed by atoms with van der Waals surface area (Å²) in [5.74, 6) is 0. The minimum atomic E-state index is -5.09. The molecule has 2 heterocycles. The van der Waals surface area contributed by atoms with Crippen LogP contribution in [-0.2, 0) is 16.6 Å². The van der Waals surface area contributed by atoms with Crippen molar-refractivity contribution in [3.8, 4) is 11.8 Å². The van der Waals surface area contributed by atoms with Gasteiger partial charge in [-0.2, -0.15) is 36.7 Å². The van der Waals surface area contributed by atoms with E-state index >= 15 is 0 Å². The van der Waals surface area contributed by atoms with Crippen LogP contribution >= 0.6 is 0 Å². The Bertz CT molecular complexity index is 1230. The van der Waals surface area contributed by atoms with Gasteiger partial charge in [0.25, 0.3) is 0 Å². The highest BCUT2D eigenvalue weighted by atomic mass is 19.4. The van der Waals surface area contributed by atoms with E-state index in [2.05, 4.69) is 15.6 Å². The zero-order valence-electron chi connectivity index (χ0n) is 15.7. The summed E-state index contributed by atoms with van der Waals surface area (Å²) in [4.78, 5) is 8.63. The molecule has 1 aromatic heterocycles. The Kier molecular flexibility index (Phi) is 4.93. The Hall–Kier alpha value is -3.85. The van der Waals surface area contributed by atoms with Gasteiger partial charge in [-0.15, -0.1) is 0 Å². The molecule has 0 bridgehead atoms. The van der Waals surface area contributed by atoms with E-state index in [1.165, 1.54) is 35.5 Å². The lowest BCUT2D eigenvalue weighted by Gasteiger charge is -2.29. The maximum absolute atomic E-state index is 14.1. The molecule has 0 saturated carbocycles. The minimum absolute atomic E-state index is 0.0827. The highest BCUT2D eigenvalue weighted by molar-refractivity contribution is 5.70. The largest absolute Gasteiger partial charge is 0.428 e. The summed E-state index contributed by atoms with van der Waals surface area (Å²) in [6, 6.07) is 8.93. The zero-order valence-corrected chi connectivity index (χ0v) is 15.7. The molecule has 1 aliphatic heterocycles. The molecule has 0 radical (unpaired) electrons. The average molecular weight is 451 g/mol. The van der Waals surface area contributed by atoms with Crippen LogP contribution in [0.5, 0.6) is 0 Å². The van der Waals surface area contributed by atoms with E-state index in [1.807, 2.05) is 6.07 Å². The molecule has 1 unspecified atom stereocenters. The van der Waals surface area contributed by atoms with Gasteiger partial charge in [-0.3, -0.25) is 10.3 Å². The summed E-state index contributed by atoms with van der Waals surface area (Å²) >= 11 is 0. The highest BCUT2D eigenvalue weighted by Gasteiger charge is 2.59. The van der Waals surface area contributed by atoms with Crippen LogP contribution in [0.2, 0.25) is 0 Å². The number of rotatable bonds is 3. The first-order valence-electron chi connectivity index (χ1n) is 8.86. The first kappa shape index (κ1) is 21.4. The van der Waals surface area contributed by atoms with Crippen molar-refractivity contribution in [2.24, 2.45) is 0 Å². The molecule has 0 amide bonds. The molecule has 2 aromatic carbocycles. The van der Waals surface area contributed by atoms with Gasteiger partial charge in [0.05, 0.1) is 22.5 Å². The molecule has 0 spiro atoms. The molecule has 12 heteroatoms. The van der Waals surface area contributed by atoms with E-state index in [0.717, 1.165) is 12.1 Å². The van der Waals surface area contributed by atoms with Gasteiger partial charge in [0, 0.05) is 11.1 Å². The van der Waals surface area contributed by atoms with Crippen molar-refractivity contribution in [3.05, 3.63) is 83.4 Å². The van der Waals surface area contributed by atoms with Crippen LogP contribution in [0.15, 0.2) is 61.2 Å². The Balaban J connectivity index is 1.81. The third-order valence-corrected chi connectivity index (χ3v) is 4.80. The number of halogens is 6. The second-order valence-corrected chi connectivity index (χ2v) is 6.76. The molecule has 1 atom stereocenters. The van der Waals surface area contributed by atoms with E-state index in [0.29, 0.717) is 23.9 Å². The van der Waals surface area contributed by atoms with Gasteiger partial charge in [0.1, 0.15) is 18.7 Å². The van der Waals surface area contributed by atoms with Crippen LogP contribution in [0.3, 0.4) is 0 Å². The second-order valence-electron chi connectivity index (χ2n) is 6.76. The topological polar surface area (TPSA) is 75.8 Å². The lowest BCUT2D eigenvalue weighted by atomic mass is 9.90. The Labute approximate surface area is 176 Å². The molecule has 0 saturated heterocycles. The minimum Gasteiger partial charge on any atom is -0.265 e. The predicted octanol–water partition coefficient (Wildman–Crippen LogP) is 4.49. The number of benzene rings is 2. The number of nitrogens with one attached hydrogen (secondary N) is 1. The van der Waals surface area contributed by atoms with Crippen LogP contribution < -0.4 is 5.48 Å². The third-order valence-electron chi connectivity index (χ3n) is 4.80. The van der Waals surface area contributed by atoms with Crippen molar-refractivity contribution in [1.82, 2.24) is 20.2 Å². The van der Waals surface area contributed by atoms with Crippen LogP contribution in [-0.4, -0.2) is 20.9 Å². The first-order chi connectivity index (χ1) is 15.0. The van der Waals surface area contributed by atoms with Gasteiger partial charge in [-0.05, 0) is 30.3 Å². The van der Waals surface area contributed by atoms with E-state index in [-0.39, 0.29) is 16.8 Å². The number of hydrogen-bond acceptors (Lipinski definition) is 5. The fraction of sp³-hybridized carbons (Fsp3) is 0.150. The maximum atomic E-state index is 14.1. The summed E-state index contributed by atoms with van der Waals surface area (Å²) in [7, 11) is 0. The molecule has 0 aliphatic carbocycles. The molecule has 6 nitrogen and oxygen atoms in total. The standard InChI is InChI=1S/C20H11F6N5O/c21-19(22,23)15-3-1-2-14(7-15)18(20(24,25)26)8-16(30-32-18)12-4-5-17(13(6-12)9-27)31-11-28-10-29-31/h1-8,10-11,30H. The quantitative estimate of drug-likeness (QED) is 0.594. The van der Waals surface area contributed by atoms with Gasteiger partial charge in [0.2, 0.25) is 5.60 Å². The Morgan fingerprint density at radius 1 is 1.06 bits per heavy atom. The molecule has 32 heavy (non-hydrogen) atoms. The number of nitriles is 1. The number of hydroxylamine groups is 1. The van der Waals surface area contributed by atoms with Crippen molar-refractivity contribution in [2.75, 3.05) is 0 Å². The average Bonchev–Trinajstić information content (AvgIpc) is 3.43. The van der Waals surface area contributed by atoms with Crippen LogP contribution in [0.4, 0.5) is 26.3 Å². The van der Waals surface area contributed by atoms with Crippen molar-refractivity contribution < 1.29 is 31.2 Å². The normalized spacial score (nSPS) is 18.7. The maximum Gasteiger partial charge on any atom is 0.428 e. The van der Waals surface area contributed by atoms with Gasteiger partial charge in [-0.25, -0.2) is 9.67 Å². The second kappa shape index (κ2) is 7.38. The van der Waals surface area contributed by atoms with Gasteiger partial charge >= 0.3 is 12.4 Å². The fourth-order valence-electron chi connectivity index (χ4n) is 3.24. The monoisotopic (exact) mass is 451 g/mol. The number of alkyl halides is 6. The molecule has 0 fully saturated rings. The van der Waals surface area contributed by atoms with E-state index in [1.54, 1.807) is 0 Å².